The van der Waals surface area contributed by atoms with Crippen LogP contribution >= 0.6 is 0 Å². The van der Waals surface area contributed by atoms with Gasteiger partial charge in [-0.2, -0.15) is 0 Å². The van der Waals surface area contributed by atoms with Gasteiger partial charge in [-0.15, -0.1) is 6.42 Å². The quantitative estimate of drug-likeness (QED) is 0.401. The molecule has 0 amide bonds. The summed E-state index contributed by atoms with van der Waals surface area (Å²) in [6.45, 7) is 7.35. The Morgan fingerprint density at radius 1 is 1.78 bits per heavy atom. The van der Waals surface area contributed by atoms with Gasteiger partial charge in [0.05, 0.1) is 6.54 Å². The number of hydrogen-bond acceptors (Lipinski definition) is 1. The molecule has 0 aliphatic heterocycles. The van der Waals surface area contributed by atoms with Gasteiger partial charge in [-0.05, 0) is 14.0 Å². The minimum absolute atomic E-state index is 0.701. The third kappa shape index (κ3) is 5.13. The van der Waals surface area contributed by atoms with Gasteiger partial charge in [0.2, 0.25) is 0 Å². The van der Waals surface area contributed by atoms with Gasteiger partial charge >= 0.3 is 0 Å². The Hall–Kier alpha value is -0.740. The fourth-order valence-electron chi connectivity index (χ4n) is 0.673. The second-order valence-corrected chi connectivity index (χ2v) is 2.33. The SMILES string of the molecule is C#CCN(C)CC(=C)C. The van der Waals surface area contributed by atoms with E-state index >= 15 is 0 Å². The summed E-state index contributed by atoms with van der Waals surface area (Å²) < 4.78 is 0. The van der Waals surface area contributed by atoms with E-state index in [9.17, 15) is 0 Å². The molecule has 0 aliphatic carbocycles. The van der Waals surface area contributed by atoms with Crippen LogP contribution in [0.25, 0.3) is 0 Å². The first-order valence-electron chi connectivity index (χ1n) is 2.93. The minimum Gasteiger partial charge on any atom is -0.291 e. The molecule has 0 heterocycles. The molecule has 0 unspecified atom stereocenters. The molecule has 0 fully saturated rings. The van der Waals surface area contributed by atoms with Gasteiger partial charge < -0.3 is 0 Å². The van der Waals surface area contributed by atoms with Crippen LogP contribution in [0.1, 0.15) is 6.92 Å². The molecule has 0 atom stereocenters. The van der Waals surface area contributed by atoms with Crippen molar-refractivity contribution >= 4 is 0 Å². The summed E-state index contributed by atoms with van der Waals surface area (Å²) in [5.41, 5.74) is 1.15. The maximum absolute atomic E-state index is 5.08. The van der Waals surface area contributed by atoms with Crippen LogP contribution in [-0.4, -0.2) is 25.0 Å². The third-order valence-electron chi connectivity index (χ3n) is 0.901. The van der Waals surface area contributed by atoms with Gasteiger partial charge in [-0.25, -0.2) is 0 Å². The Kier molecular flexibility index (Phi) is 3.83. The van der Waals surface area contributed by atoms with Crippen molar-refractivity contribution in [1.29, 1.82) is 0 Å². The van der Waals surface area contributed by atoms with E-state index in [2.05, 4.69) is 12.5 Å². The predicted molar refractivity (Wildman–Crippen MR) is 41.1 cm³/mol. The molecule has 0 aromatic heterocycles. The zero-order chi connectivity index (χ0) is 7.28. The summed E-state index contributed by atoms with van der Waals surface area (Å²) in [5.74, 6) is 2.56. The molecule has 0 rings (SSSR count). The topological polar surface area (TPSA) is 3.24 Å². The first-order chi connectivity index (χ1) is 4.16. The Morgan fingerprint density at radius 3 is 2.67 bits per heavy atom. The zero-order valence-electron chi connectivity index (χ0n) is 6.15. The first-order valence-corrected chi connectivity index (χ1v) is 2.93. The first kappa shape index (κ1) is 8.26. The average Bonchev–Trinajstić information content (AvgIpc) is 1.63. The van der Waals surface area contributed by atoms with E-state index in [1.807, 2.05) is 18.9 Å². The molecule has 0 aromatic carbocycles. The number of rotatable bonds is 3. The lowest BCUT2D eigenvalue weighted by molar-refractivity contribution is 0.410. The normalized spacial score (nSPS) is 9.11. The lowest BCUT2D eigenvalue weighted by Crippen LogP contribution is -2.19. The molecule has 9 heavy (non-hydrogen) atoms. The van der Waals surface area contributed by atoms with Crippen LogP contribution in [0.4, 0.5) is 0 Å². The Morgan fingerprint density at radius 2 is 2.33 bits per heavy atom. The van der Waals surface area contributed by atoms with Gasteiger partial charge in [0.15, 0.2) is 0 Å². The molecule has 1 heteroatoms. The van der Waals surface area contributed by atoms with Crippen molar-refractivity contribution in [3.63, 3.8) is 0 Å². The van der Waals surface area contributed by atoms with Crippen LogP contribution in [0.2, 0.25) is 0 Å². The highest BCUT2D eigenvalue weighted by atomic mass is 15.1. The summed E-state index contributed by atoms with van der Waals surface area (Å²) in [6, 6.07) is 0. The Balaban J connectivity index is 3.40. The highest BCUT2D eigenvalue weighted by Gasteiger charge is 1.92. The molecule has 0 radical (unpaired) electrons. The molecular weight excluding hydrogens is 110 g/mol. The van der Waals surface area contributed by atoms with Gasteiger partial charge in [-0.3, -0.25) is 4.90 Å². The van der Waals surface area contributed by atoms with Crippen LogP contribution < -0.4 is 0 Å². The molecule has 0 saturated carbocycles. The Labute approximate surface area is 57.4 Å². The van der Waals surface area contributed by atoms with Crippen LogP contribution in [0.5, 0.6) is 0 Å². The van der Waals surface area contributed by atoms with E-state index in [0.29, 0.717) is 6.54 Å². The lowest BCUT2D eigenvalue weighted by Gasteiger charge is -2.11. The molecule has 0 saturated heterocycles. The second-order valence-electron chi connectivity index (χ2n) is 2.33. The van der Waals surface area contributed by atoms with E-state index in [0.717, 1.165) is 12.1 Å². The van der Waals surface area contributed by atoms with Crippen molar-refractivity contribution in [2.75, 3.05) is 20.1 Å². The van der Waals surface area contributed by atoms with Crippen molar-refractivity contribution in [2.24, 2.45) is 0 Å². The summed E-state index contributed by atoms with van der Waals surface area (Å²) in [4.78, 5) is 2.04. The number of hydrogen-bond donors (Lipinski definition) is 0. The summed E-state index contributed by atoms with van der Waals surface area (Å²) >= 11 is 0. The number of nitrogens with zero attached hydrogens (tertiary/aromatic N) is 1. The summed E-state index contributed by atoms with van der Waals surface area (Å²) in [6.07, 6.45) is 5.08. The van der Waals surface area contributed by atoms with Gasteiger partial charge in [-0.1, -0.05) is 18.1 Å². The van der Waals surface area contributed by atoms with Crippen LogP contribution in [-0.2, 0) is 0 Å². The van der Waals surface area contributed by atoms with E-state index in [1.54, 1.807) is 0 Å². The maximum Gasteiger partial charge on any atom is 0.0599 e. The summed E-state index contributed by atoms with van der Waals surface area (Å²) in [7, 11) is 1.98. The van der Waals surface area contributed by atoms with Crippen molar-refractivity contribution in [2.45, 2.75) is 6.92 Å². The lowest BCUT2D eigenvalue weighted by atomic mass is 10.3. The van der Waals surface area contributed by atoms with Gasteiger partial charge in [0, 0.05) is 6.54 Å². The summed E-state index contributed by atoms with van der Waals surface area (Å²) in [5, 5.41) is 0. The highest BCUT2D eigenvalue weighted by molar-refractivity contribution is 4.95. The van der Waals surface area contributed by atoms with Crippen molar-refractivity contribution in [3.05, 3.63) is 12.2 Å². The minimum atomic E-state index is 0.701. The standard InChI is InChI=1S/C8H13N/c1-5-6-9(4)7-8(2)3/h1H,2,6-7H2,3-4H3. The third-order valence-corrected chi connectivity index (χ3v) is 0.901. The number of likely N-dealkylation sites (N-methyl/N-ethyl adjacent to an activating group) is 1. The molecule has 0 aromatic rings. The number of terminal acetylenes is 1. The molecule has 0 N–H and O–H groups in total. The van der Waals surface area contributed by atoms with E-state index in [-0.39, 0.29) is 0 Å². The maximum atomic E-state index is 5.08. The van der Waals surface area contributed by atoms with Gasteiger partial charge in [0.1, 0.15) is 0 Å². The van der Waals surface area contributed by atoms with E-state index in [1.165, 1.54) is 0 Å². The average molecular weight is 123 g/mol. The van der Waals surface area contributed by atoms with Crippen LogP contribution in [0, 0.1) is 12.3 Å². The Bertz CT molecular complexity index is 130. The van der Waals surface area contributed by atoms with E-state index < -0.39 is 0 Å². The van der Waals surface area contributed by atoms with Crippen molar-refractivity contribution in [3.8, 4) is 12.3 Å². The monoisotopic (exact) mass is 123 g/mol. The highest BCUT2D eigenvalue weighted by Crippen LogP contribution is 1.89. The molecule has 0 bridgehead atoms. The molecule has 1 nitrogen and oxygen atoms in total. The van der Waals surface area contributed by atoms with Crippen molar-refractivity contribution in [1.82, 2.24) is 4.90 Å². The van der Waals surface area contributed by atoms with Crippen LogP contribution in [0.3, 0.4) is 0 Å². The van der Waals surface area contributed by atoms with Gasteiger partial charge in [0.25, 0.3) is 0 Å². The fraction of sp³-hybridized carbons (Fsp3) is 0.500. The fourth-order valence-corrected chi connectivity index (χ4v) is 0.673. The largest absolute Gasteiger partial charge is 0.291 e. The molecular formula is C8H13N. The zero-order valence-corrected chi connectivity index (χ0v) is 6.15. The second kappa shape index (κ2) is 4.17. The molecule has 50 valence electrons. The van der Waals surface area contributed by atoms with Crippen molar-refractivity contribution < 1.29 is 0 Å². The van der Waals surface area contributed by atoms with E-state index in [4.69, 9.17) is 6.42 Å². The molecule has 0 aliphatic rings. The van der Waals surface area contributed by atoms with Crippen LogP contribution in [0.15, 0.2) is 12.2 Å². The molecule has 0 spiro atoms. The smallest absolute Gasteiger partial charge is 0.0599 e. The predicted octanol–water partition coefficient (Wildman–Crippen LogP) is 1.13.